The molecule has 148 valence electrons. The second-order valence-electron chi connectivity index (χ2n) is 6.73. The van der Waals surface area contributed by atoms with Gasteiger partial charge < -0.3 is 15.4 Å². The number of amides is 2. The van der Waals surface area contributed by atoms with Crippen LogP contribution in [0.15, 0.2) is 72.8 Å². The molecule has 0 spiro atoms. The second-order valence-corrected chi connectivity index (χ2v) is 6.73. The number of hydrogen-bond donors (Lipinski definition) is 2. The van der Waals surface area contributed by atoms with Gasteiger partial charge in [-0.1, -0.05) is 36.8 Å². The number of nitrogens with one attached hydrogen (secondary N) is 2. The third-order valence-electron chi connectivity index (χ3n) is 4.44. The number of anilines is 2. The van der Waals surface area contributed by atoms with E-state index >= 15 is 0 Å². The summed E-state index contributed by atoms with van der Waals surface area (Å²) in [7, 11) is 0. The fourth-order valence-electron chi connectivity index (χ4n) is 2.71. The van der Waals surface area contributed by atoms with Crippen LogP contribution in [0, 0.1) is 6.92 Å². The lowest BCUT2D eigenvalue weighted by molar-refractivity contribution is -0.118. The molecule has 0 heterocycles. The van der Waals surface area contributed by atoms with Gasteiger partial charge in [-0.2, -0.15) is 0 Å². The fraction of sp³-hybridized carbons (Fsp3) is 0.167. The zero-order valence-corrected chi connectivity index (χ0v) is 16.6. The highest BCUT2D eigenvalue weighted by Gasteiger charge is 2.08. The number of ether oxygens (including phenoxy) is 1. The summed E-state index contributed by atoms with van der Waals surface area (Å²) in [6, 6.07) is 22.0. The van der Waals surface area contributed by atoms with Crippen molar-refractivity contribution in [2.75, 3.05) is 17.2 Å². The van der Waals surface area contributed by atoms with Gasteiger partial charge >= 0.3 is 0 Å². The molecule has 0 atom stereocenters. The van der Waals surface area contributed by atoms with Crippen molar-refractivity contribution in [1.29, 1.82) is 0 Å². The molecule has 0 bridgehead atoms. The molecule has 29 heavy (non-hydrogen) atoms. The lowest BCUT2D eigenvalue weighted by Gasteiger charge is -2.09. The van der Waals surface area contributed by atoms with Crippen molar-refractivity contribution in [1.82, 2.24) is 0 Å². The molecule has 0 aromatic heterocycles. The van der Waals surface area contributed by atoms with Crippen molar-refractivity contribution in [3.05, 3.63) is 89.5 Å². The van der Waals surface area contributed by atoms with E-state index in [4.69, 9.17) is 4.74 Å². The summed E-state index contributed by atoms with van der Waals surface area (Å²) in [5.41, 5.74) is 4.33. The van der Waals surface area contributed by atoms with Crippen LogP contribution in [0.4, 0.5) is 11.4 Å². The molecule has 0 radical (unpaired) electrons. The predicted molar refractivity (Wildman–Crippen MR) is 116 cm³/mol. The summed E-state index contributed by atoms with van der Waals surface area (Å²) in [4.78, 5) is 24.4. The Balaban J connectivity index is 1.49. The molecule has 5 nitrogen and oxygen atoms in total. The Labute approximate surface area is 170 Å². The molecule has 0 unspecified atom stereocenters. The van der Waals surface area contributed by atoms with Crippen molar-refractivity contribution in [2.45, 2.75) is 20.3 Å². The van der Waals surface area contributed by atoms with Crippen LogP contribution in [0.3, 0.4) is 0 Å². The lowest BCUT2D eigenvalue weighted by Crippen LogP contribution is -2.20. The van der Waals surface area contributed by atoms with E-state index in [-0.39, 0.29) is 18.4 Å². The van der Waals surface area contributed by atoms with Crippen LogP contribution >= 0.6 is 0 Å². The van der Waals surface area contributed by atoms with Crippen LogP contribution in [0.1, 0.15) is 28.4 Å². The average Bonchev–Trinajstić information content (AvgIpc) is 2.75. The number of benzene rings is 3. The van der Waals surface area contributed by atoms with Gasteiger partial charge in [-0.15, -0.1) is 0 Å². The Hall–Kier alpha value is -3.60. The van der Waals surface area contributed by atoms with Crippen LogP contribution in [-0.4, -0.2) is 18.4 Å². The van der Waals surface area contributed by atoms with E-state index in [1.807, 2.05) is 55.5 Å². The van der Waals surface area contributed by atoms with Crippen LogP contribution in [-0.2, 0) is 11.2 Å². The Morgan fingerprint density at radius 2 is 1.38 bits per heavy atom. The van der Waals surface area contributed by atoms with E-state index in [0.29, 0.717) is 11.3 Å². The summed E-state index contributed by atoms with van der Waals surface area (Å²) in [6.07, 6.45) is 0.955. The largest absolute Gasteiger partial charge is 0.484 e. The van der Waals surface area contributed by atoms with E-state index in [2.05, 4.69) is 17.6 Å². The molecule has 2 amide bonds. The van der Waals surface area contributed by atoms with E-state index < -0.39 is 0 Å². The number of carbonyl (C=O) groups is 2. The molecule has 0 saturated carbocycles. The van der Waals surface area contributed by atoms with Crippen LogP contribution in [0.5, 0.6) is 5.75 Å². The normalized spacial score (nSPS) is 10.3. The van der Waals surface area contributed by atoms with Gasteiger partial charge in [0.1, 0.15) is 5.75 Å². The molecule has 0 aliphatic carbocycles. The Bertz CT molecular complexity index is 963. The molecule has 0 fully saturated rings. The monoisotopic (exact) mass is 388 g/mol. The molecule has 0 aliphatic heterocycles. The number of aryl methyl sites for hydroxylation is 2. The molecule has 2 N–H and O–H groups in total. The number of hydrogen-bond acceptors (Lipinski definition) is 3. The first-order valence-electron chi connectivity index (χ1n) is 9.53. The van der Waals surface area contributed by atoms with Gasteiger partial charge in [0.25, 0.3) is 11.8 Å². The molecular weight excluding hydrogens is 364 g/mol. The van der Waals surface area contributed by atoms with Crippen molar-refractivity contribution in [2.24, 2.45) is 0 Å². The van der Waals surface area contributed by atoms with Gasteiger partial charge in [-0.25, -0.2) is 0 Å². The highest BCUT2D eigenvalue weighted by molar-refractivity contribution is 6.04. The van der Waals surface area contributed by atoms with E-state index in [0.717, 1.165) is 23.4 Å². The second kappa shape index (κ2) is 9.55. The summed E-state index contributed by atoms with van der Waals surface area (Å²) in [5.74, 6) is 0.0810. The number of carbonyl (C=O) groups excluding carboxylic acids is 2. The van der Waals surface area contributed by atoms with Crippen LogP contribution in [0.25, 0.3) is 0 Å². The first-order valence-corrected chi connectivity index (χ1v) is 9.53. The maximum atomic E-state index is 12.3. The molecule has 3 rings (SSSR count). The predicted octanol–water partition coefficient (Wildman–Crippen LogP) is 4.83. The minimum atomic E-state index is -0.240. The quantitative estimate of drug-likeness (QED) is 0.609. The van der Waals surface area contributed by atoms with Crippen molar-refractivity contribution in [3.8, 4) is 5.75 Å². The summed E-state index contributed by atoms with van der Waals surface area (Å²) >= 11 is 0. The third-order valence-corrected chi connectivity index (χ3v) is 4.44. The maximum absolute atomic E-state index is 12.3. The molecule has 5 heteroatoms. The van der Waals surface area contributed by atoms with Gasteiger partial charge in [0.15, 0.2) is 6.61 Å². The van der Waals surface area contributed by atoms with E-state index in [1.165, 1.54) is 5.56 Å². The highest BCUT2D eigenvalue weighted by atomic mass is 16.5. The fourth-order valence-corrected chi connectivity index (χ4v) is 2.71. The Morgan fingerprint density at radius 3 is 2.00 bits per heavy atom. The van der Waals surface area contributed by atoms with Crippen LogP contribution in [0.2, 0.25) is 0 Å². The molecule has 3 aromatic carbocycles. The van der Waals surface area contributed by atoms with Crippen molar-refractivity contribution in [3.63, 3.8) is 0 Å². The van der Waals surface area contributed by atoms with E-state index in [9.17, 15) is 9.59 Å². The topological polar surface area (TPSA) is 67.4 Å². The van der Waals surface area contributed by atoms with Gasteiger partial charge in [0.2, 0.25) is 0 Å². The zero-order chi connectivity index (χ0) is 20.6. The molecule has 0 aliphatic rings. The zero-order valence-electron chi connectivity index (χ0n) is 16.6. The summed E-state index contributed by atoms with van der Waals surface area (Å²) < 4.78 is 5.51. The molecular formula is C24H24N2O3. The third kappa shape index (κ3) is 5.94. The SMILES string of the molecule is CCc1ccc(NC(=O)COc2ccc(C(=O)Nc3ccc(C)cc3)cc2)cc1. The highest BCUT2D eigenvalue weighted by Crippen LogP contribution is 2.15. The standard InChI is InChI=1S/C24H24N2O3/c1-3-18-6-12-20(13-7-18)25-23(27)16-29-22-14-8-19(9-15-22)24(28)26-21-10-4-17(2)5-11-21/h4-15H,3,16H2,1-2H3,(H,25,27)(H,26,28). The molecule has 0 saturated heterocycles. The minimum Gasteiger partial charge on any atom is -0.484 e. The van der Waals surface area contributed by atoms with Crippen molar-refractivity contribution >= 4 is 23.2 Å². The summed E-state index contributed by atoms with van der Waals surface area (Å²) in [6.45, 7) is 3.97. The number of rotatable bonds is 7. The first kappa shape index (κ1) is 20.1. The van der Waals surface area contributed by atoms with Crippen LogP contribution < -0.4 is 15.4 Å². The van der Waals surface area contributed by atoms with E-state index in [1.54, 1.807) is 24.3 Å². The smallest absolute Gasteiger partial charge is 0.262 e. The Kier molecular flexibility index (Phi) is 6.63. The van der Waals surface area contributed by atoms with Gasteiger partial charge in [0.05, 0.1) is 0 Å². The summed E-state index contributed by atoms with van der Waals surface area (Å²) in [5, 5.41) is 5.64. The average molecular weight is 388 g/mol. The maximum Gasteiger partial charge on any atom is 0.262 e. The Morgan fingerprint density at radius 1 is 0.793 bits per heavy atom. The van der Waals surface area contributed by atoms with Gasteiger partial charge in [0, 0.05) is 16.9 Å². The van der Waals surface area contributed by atoms with Gasteiger partial charge in [-0.05, 0) is 67.4 Å². The minimum absolute atomic E-state index is 0.107. The first-order chi connectivity index (χ1) is 14.0. The molecule has 3 aromatic rings. The van der Waals surface area contributed by atoms with Crippen molar-refractivity contribution < 1.29 is 14.3 Å². The lowest BCUT2D eigenvalue weighted by atomic mass is 10.1. The van der Waals surface area contributed by atoms with Gasteiger partial charge in [-0.3, -0.25) is 9.59 Å².